The minimum Gasteiger partial charge on any atom is -0.346 e. The number of benzene rings is 2. The second kappa shape index (κ2) is 15.4. The molecule has 3 aliphatic rings. The van der Waals surface area contributed by atoms with Gasteiger partial charge in [-0.2, -0.15) is 37.1 Å². The zero-order chi connectivity index (χ0) is 46.7. The van der Waals surface area contributed by atoms with Gasteiger partial charge in [0.2, 0.25) is 21.8 Å². The summed E-state index contributed by atoms with van der Waals surface area (Å²) in [5.74, 6) is -9.29. The standard InChI is InChI=1S/C41H40F7N11O4S2/c1-39(2,49)37(61)57-8-10-58(11-9-57)38-52-36-28(64-38)17-24(22-6-5-7-23-32(22)56(3)54-35(23)55-65(4,62)63)31(51-36)27(14-19-12-20(42)15-21(43)13-19)50-29(60)18-59-34-30(33(53-59)41(46,47)48)25-16-26(25)40(34,44)45/h5-7,12-13,15,17,25-27H,8-11,14,16,18,49H2,1-4H3,(H,50,60)(H,54,55)/t25-,26+,27-/m0/s1. The van der Waals surface area contributed by atoms with Crippen LogP contribution in [0.25, 0.3) is 32.4 Å². The highest BCUT2D eigenvalue weighted by Crippen LogP contribution is 2.68. The van der Waals surface area contributed by atoms with Gasteiger partial charge in [-0.1, -0.05) is 23.5 Å². The summed E-state index contributed by atoms with van der Waals surface area (Å²) >= 11 is 1.26. The van der Waals surface area contributed by atoms with E-state index in [1.54, 1.807) is 50.1 Å². The largest absolute Gasteiger partial charge is 0.435 e. The summed E-state index contributed by atoms with van der Waals surface area (Å²) < 4.78 is 133. The van der Waals surface area contributed by atoms with E-state index in [9.17, 15) is 40.0 Å². The van der Waals surface area contributed by atoms with Gasteiger partial charge in [-0.25, -0.2) is 22.2 Å². The van der Waals surface area contributed by atoms with Gasteiger partial charge in [0.05, 0.1) is 33.7 Å². The molecule has 24 heteroatoms. The van der Waals surface area contributed by atoms with Crippen LogP contribution in [-0.4, -0.2) is 92.6 Å². The van der Waals surface area contributed by atoms with Crippen LogP contribution in [0, 0.1) is 17.6 Å². The number of sulfonamides is 1. The summed E-state index contributed by atoms with van der Waals surface area (Å²) in [5, 5.41) is 11.5. The van der Waals surface area contributed by atoms with Gasteiger partial charge in [-0.15, -0.1) is 0 Å². The van der Waals surface area contributed by atoms with Crippen LogP contribution in [0.5, 0.6) is 0 Å². The molecule has 344 valence electrons. The number of nitrogens with two attached hydrogens (primary N) is 1. The number of nitrogens with zero attached hydrogens (tertiary/aromatic N) is 8. The maximum absolute atomic E-state index is 15.5. The van der Waals surface area contributed by atoms with Crippen LogP contribution in [0.15, 0.2) is 42.5 Å². The van der Waals surface area contributed by atoms with Gasteiger partial charge >= 0.3 is 6.18 Å². The van der Waals surface area contributed by atoms with Crippen molar-refractivity contribution in [3.05, 3.63) is 82.3 Å². The minimum absolute atomic E-state index is 0.00216. The number of aryl methyl sites for hydroxylation is 1. The van der Waals surface area contributed by atoms with Crippen LogP contribution in [0.1, 0.15) is 60.4 Å². The number of hydrogen-bond donors (Lipinski definition) is 3. The lowest BCUT2D eigenvalue weighted by Crippen LogP contribution is -2.57. The summed E-state index contributed by atoms with van der Waals surface area (Å²) in [4.78, 5) is 40.4. The van der Waals surface area contributed by atoms with Gasteiger partial charge in [-0.05, 0) is 62.4 Å². The highest BCUT2D eigenvalue weighted by atomic mass is 32.2. The van der Waals surface area contributed by atoms with Gasteiger partial charge in [0.15, 0.2) is 22.3 Å². The highest BCUT2D eigenvalue weighted by Gasteiger charge is 2.68. The number of anilines is 2. The number of piperazine rings is 1. The maximum atomic E-state index is 15.5. The van der Waals surface area contributed by atoms with Gasteiger partial charge in [-0.3, -0.25) is 23.7 Å². The van der Waals surface area contributed by atoms with Crippen molar-refractivity contribution >= 4 is 65.4 Å². The Kier molecular flexibility index (Phi) is 10.5. The topological polar surface area (TPSA) is 186 Å². The zero-order valence-corrected chi connectivity index (χ0v) is 36.6. The summed E-state index contributed by atoms with van der Waals surface area (Å²) in [7, 11) is -2.24. The molecule has 1 saturated heterocycles. The molecule has 5 heterocycles. The first-order valence-corrected chi connectivity index (χ1v) is 23.0. The van der Waals surface area contributed by atoms with Crippen LogP contribution in [-0.2, 0) is 51.7 Å². The molecular weight excluding hydrogens is 908 g/mol. The quantitative estimate of drug-likeness (QED) is 0.134. The molecule has 15 nitrogen and oxygen atoms in total. The second-order valence-electron chi connectivity index (χ2n) is 17.2. The van der Waals surface area contributed by atoms with Crippen LogP contribution >= 0.6 is 11.3 Å². The Morgan fingerprint density at radius 1 is 1.00 bits per heavy atom. The van der Waals surface area contributed by atoms with E-state index in [1.807, 2.05) is 4.90 Å². The fourth-order valence-corrected chi connectivity index (χ4v) is 10.4. The van der Waals surface area contributed by atoms with E-state index in [-0.39, 0.29) is 41.5 Å². The summed E-state index contributed by atoms with van der Waals surface area (Å²) in [6, 6.07) is 7.96. The first-order chi connectivity index (χ1) is 30.4. The number of carbonyl (C=O) groups is 2. The summed E-state index contributed by atoms with van der Waals surface area (Å²) in [6.07, 6.45) is -4.65. The van der Waals surface area contributed by atoms with Crippen molar-refractivity contribution in [2.45, 2.75) is 62.8 Å². The zero-order valence-electron chi connectivity index (χ0n) is 35.0. The van der Waals surface area contributed by atoms with E-state index < -0.39 is 86.6 Å². The van der Waals surface area contributed by atoms with E-state index in [0.717, 1.165) is 18.4 Å². The summed E-state index contributed by atoms with van der Waals surface area (Å²) in [5.41, 5.74) is 3.23. The van der Waals surface area contributed by atoms with Crippen molar-refractivity contribution in [2.75, 3.05) is 42.1 Å². The van der Waals surface area contributed by atoms with Crippen LogP contribution in [0.2, 0.25) is 0 Å². The fraction of sp³-hybridized carbons (Fsp3) is 0.415. The number of thiazole rings is 1. The molecule has 65 heavy (non-hydrogen) atoms. The summed E-state index contributed by atoms with van der Waals surface area (Å²) in [6.45, 7) is 3.65. The average Bonchev–Trinajstić information content (AvgIpc) is 3.47. The number of fused-ring (bicyclic) bond motifs is 5. The third-order valence-corrected chi connectivity index (χ3v) is 13.4. The van der Waals surface area contributed by atoms with Gasteiger partial charge < -0.3 is 20.9 Å². The predicted octanol–water partition coefficient (Wildman–Crippen LogP) is 5.81. The number of amides is 2. The van der Waals surface area contributed by atoms with E-state index >= 15 is 8.78 Å². The van der Waals surface area contributed by atoms with E-state index in [2.05, 4.69) is 20.2 Å². The number of halogens is 7. The molecule has 3 atom stereocenters. The number of hydrogen-bond acceptors (Lipinski definition) is 11. The Hall–Kier alpha value is -5.88. The number of rotatable bonds is 11. The Morgan fingerprint density at radius 2 is 1.69 bits per heavy atom. The molecular formula is C41H40F7N11O4S2. The van der Waals surface area contributed by atoms with Gasteiger partial charge in [0.25, 0.3) is 5.92 Å². The second-order valence-corrected chi connectivity index (χ2v) is 20.0. The predicted molar refractivity (Wildman–Crippen MR) is 226 cm³/mol. The highest BCUT2D eigenvalue weighted by molar-refractivity contribution is 7.92. The average molecular weight is 948 g/mol. The van der Waals surface area contributed by atoms with Crippen molar-refractivity contribution in [3.63, 3.8) is 0 Å². The molecule has 1 saturated carbocycles. The molecule has 2 amide bonds. The SMILES string of the molecule is Cn1nc(NS(C)(=O)=O)c2cccc(-c3cc4sc(N5CCN(C(=O)C(C)(C)N)CC5)nc4nc3[C@H](Cc3cc(F)cc(F)c3)NC(=O)Cn3nc(C(F)(F)F)c4c3C(F)(F)[C@@H]3C[C@H]43)c21. The van der Waals surface area contributed by atoms with Crippen LogP contribution in [0.4, 0.5) is 41.7 Å². The molecule has 2 aromatic carbocycles. The minimum atomic E-state index is -5.08. The number of pyridine rings is 1. The number of nitrogens with one attached hydrogen (secondary N) is 2. The fourth-order valence-electron chi connectivity index (χ4n) is 8.95. The molecule has 0 bridgehead atoms. The Labute approximate surface area is 369 Å². The van der Waals surface area contributed by atoms with Crippen LogP contribution < -0.4 is 20.7 Å². The molecule has 0 radical (unpaired) electrons. The molecule has 4 N–H and O–H groups in total. The van der Waals surface area contributed by atoms with Crippen molar-refractivity contribution < 1.29 is 48.7 Å². The third kappa shape index (κ3) is 8.23. The monoisotopic (exact) mass is 947 g/mol. The molecule has 2 aliphatic carbocycles. The number of aromatic nitrogens is 6. The molecule has 0 spiro atoms. The van der Waals surface area contributed by atoms with E-state index in [1.165, 1.54) is 16.0 Å². The number of para-hydroxylation sites is 1. The lowest BCUT2D eigenvalue weighted by Gasteiger charge is -2.37. The first-order valence-electron chi connectivity index (χ1n) is 20.3. The third-order valence-electron chi connectivity index (χ3n) is 11.7. The van der Waals surface area contributed by atoms with Crippen molar-refractivity contribution in [3.8, 4) is 11.1 Å². The number of carbonyl (C=O) groups excluding carboxylic acids is 2. The molecule has 1 aliphatic heterocycles. The Morgan fingerprint density at radius 3 is 2.34 bits per heavy atom. The van der Waals surface area contributed by atoms with Crippen molar-refractivity contribution in [1.29, 1.82) is 0 Å². The maximum Gasteiger partial charge on any atom is 0.435 e. The normalized spacial score (nSPS) is 18.8. The van der Waals surface area contributed by atoms with E-state index in [0.29, 0.717) is 68.8 Å². The molecule has 2 fully saturated rings. The Bertz CT molecular complexity index is 3020. The van der Waals surface area contributed by atoms with Crippen molar-refractivity contribution in [1.82, 2.24) is 39.7 Å². The Balaban J connectivity index is 1.17. The van der Waals surface area contributed by atoms with Crippen molar-refractivity contribution in [2.24, 2.45) is 18.7 Å². The van der Waals surface area contributed by atoms with E-state index in [4.69, 9.17) is 15.7 Å². The van der Waals surface area contributed by atoms with Gasteiger partial charge in [0.1, 0.15) is 23.9 Å². The van der Waals surface area contributed by atoms with Crippen LogP contribution in [0.3, 0.4) is 0 Å². The number of alkyl halides is 5. The molecule has 0 unspecified atom stereocenters. The molecule has 4 aromatic heterocycles. The molecule has 6 aromatic rings. The van der Waals surface area contributed by atoms with Gasteiger partial charge in [0, 0.05) is 67.3 Å². The first kappa shape index (κ1) is 44.3. The lowest BCUT2D eigenvalue weighted by atomic mass is 9.94. The smallest absolute Gasteiger partial charge is 0.346 e. The lowest BCUT2D eigenvalue weighted by molar-refractivity contribution is -0.142. The molecule has 9 rings (SSSR count).